The molecule has 0 amide bonds. The van der Waals surface area contributed by atoms with Crippen LogP contribution >= 0.6 is 15.9 Å². The number of aryl methyl sites for hydroxylation is 1. The van der Waals surface area contributed by atoms with Crippen LogP contribution in [0, 0.1) is 0 Å². The van der Waals surface area contributed by atoms with Gasteiger partial charge in [0.2, 0.25) is 0 Å². The summed E-state index contributed by atoms with van der Waals surface area (Å²) in [5.74, 6) is 2.74. The van der Waals surface area contributed by atoms with Crippen molar-refractivity contribution in [1.29, 1.82) is 0 Å². The largest absolute Gasteiger partial charge is 0.363 e. The molecule has 0 atom stereocenters. The first-order valence-corrected chi connectivity index (χ1v) is 6.47. The fourth-order valence-electron chi connectivity index (χ4n) is 1.42. The van der Waals surface area contributed by atoms with Crippen molar-refractivity contribution in [3.05, 3.63) is 28.6 Å². The lowest BCUT2D eigenvalue weighted by molar-refractivity contribution is 0.765. The van der Waals surface area contributed by atoms with Crippen LogP contribution < -0.4 is 5.32 Å². The number of rotatable bonds is 4. The molecule has 0 aromatic carbocycles. The van der Waals surface area contributed by atoms with Crippen molar-refractivity contribution in [2.24, 2.45) is 7.05 Å². The van der Waals surface area contributed by atoms with Crippen LogP contribution in [0.5, 0.6) is 0 Å². The molecule has 0 saturated carbocycles. The second-order valence-corrected chi connectivity index (χ2v) is 5.11. The van der Waals surface area contributed by atoms with Crippen molar-refractivity contribution in [3.8, 4) is 0 Å². The Labute approximate surface area is 114 Å². The number of aromatic nitrogens is 5. The molecule has 18 heavy (non-hydrogen) atoms. The third kappa shape index (κ3) is 3.04. The third-order valence-electron chi connectivity index (χ3n) is 2.46. The van der Waals surface area contributed by atoms with Crippen LogP contribution in [0.1, 0.15) is 31.4 Å². The minimum Gasteiger partial charge on any atom is -0.363 e. The molecule has 0 bridgehead atoms. The Bertz CT molecular complexity index is 536. The van der Waals surface area contributed by atoms with Gasteiger partial charge in [0.25, 0.3) is 0 Å². The van der Waals surface area contributed by atoms with E-state index >= 15 is 0 Å². The van der Waals surface area contributed by atoms with Crippen LogP contribution in [0.4, 0.5) is 5.82 Å². The monoisotopic (exact) mass is 310 g/mol. The van der Waals surface area contributed by atoms with E-state index in [4.69, 9.17) is 0 Å². The lowest BCUT2D eigenvalue weighted by Gasteiger charge is -2.09. The maximum atomic E-state index is 4.45. The van der Waals surface area contributed by atoms with Gasteiger partial charge in [-0.15, -0.1) is 10.2 Å². The molecule has 0 radical (unpaired) electrons. The highest BCUT2D eigenvalue weighted by Gasteiger charge is 2.07. The Hall–Kier alpha value is -1.50. The van der Waals surface area contributed by atoms with Gasteiger partial charge in [-0.05, 0) is 15.9 Å². The summed E-state index contributed by atoms with van der Waals surface area (Å²) in [6.07, 6.45) is 1.67. The molecule has 0 aliphatic rings. The SMILES string of the molecule is CC(C)c1nc(Br)cc(NCc2nncn2C)n1. The van der Waals surface area contributed by atoms with Gasteiger partial charge < -0.3 is 9.88 Å². The predicted molar refractivity (Wildman–Crippen MR) is 72.2 cm³/mol. The van der Waals surface area contributed by atoms with Gasteiger partial charge in [-0.3, -0.25) is 0 Å². The zero-order chi connectivity index (χ0) is 13.1. The fraction of sp³-hybridized carbons (Fsp3) is 0.455. The van der Waals surface area contributed by atoms with Gasteiger partial charge in [-0.1, -0.05) is 13.8 Å². The van der Waals surface area contributed by atoms with Gasteiger partial charge in [0.05, 0.1) is 6.54 Å². The smallest absolute Gasteiger partial charge is 0.151 e. The van der Waals surface area contributed by atoms with E-state index in [2.05, 4.69) is 55.3 Å². The molecular formula is C11H15BrN6. The highest BCUT2D eigenvalue weighted by molar-refractivity contribution is 9.10. The molecule has 0 spiro atoms. The minimum absolute atomic E-state index is 0.290. The summed E-state index contributed by atoms with van der Waals surface area (Å²) in [7, 11) is 1.91. The summed E-state index contributed by atoms with van der Waals surface area (Å²) in [4.78, 5) is 8.78. The van der Waals surface area contributed by atoms with Gasteiger partial charge in [0, 0.05) is 19.0 Å². The molecule has 2 aromatic heterocycles. The molecule has 2 aromatic rings. The highest BCUT2D eigenvalue weighted by atomic mass is 79.9. The van der Waals surface area contributed by atoms with Crippen molar-refractivity contribution in [2.75, 3.05) is 5.32 Å². The van der Waals surface area contributed by atoms with E-state index in [0.717, 1.165) is 22.1 Å². The first-order valence-electron chi connectivity index (χ1n) is 5.67. The van der Waals surface area contributed by atoms with E-state index < -0.39 is 0 Å². The summed E-state index contributed by atoms with van der Waals surface area (Å²) < 4.78 is 2.65. The molecule has 0 saturated heterocycles. The van der Waals surface area contributed by atoms with Crippen LogP contribution in [0.3, 0.4) is 0 Å². The summed E-state index contributed by atoms with van der Waals surface area (Å²) in [5, 5.41) is 11.1. The third-order valence-corrected chi connectivity index (χ3v) is 2.87. The second kappa shape index (κ2) is 5.43. The Balaban J connectivity index is 2.12. The van der Waals surface area contributed by atoms with Crippen molar-refractivity contribution in [2.45, 2.75) is 26.3 Å². The standard InChI is InChI=1S/C11H15BrN6/c1-7(2)11-15-8(12)4-9(16-11)13-5-10-17-14-6-18(10)3/h4,6-7H,5H2,1-3H3,(H,13,15,16). The molecule has 0 aliphatic heterocycles. The Morgan fingerprint density at radius 2 is 2.17 bits per heavy atom. The lowest BCUT2D eigenvalue weighted by atomic mass is 10.2. The molecule has 2 heterocycles. The van der Waals surface area contributed by atoms with Crippen molar-refractivity contribution in [1.82, 2.24) is 24.7 Å². The Kier molecular flexibility index (Phi) is 3.90. The number of nitrogens with zero attached hydrogens (tertiary/aromatic N) is 5. The van der Waals surface area contributed by atoms with Crippen molar-refractivity contribution >= 4 is 21.7 Å². The molecule has 2 rings (SSSR count). The second-order valence-electron chi connectivity index (χ2n) is 4.30. The number of hydrogen-bond donors (Lipinski definition) is 1. The van der Waals surface area contributed by atoms with Crippen LogP contribution in [0.25, 0.3) is 0 Å². The van der Waals surface area contributed by atoms with E-state index in [1.165, 1.54) is 0 Å². The molecule has 96 valence electrons. The summed E-state index contributed by atoms with van der Waals surface area (Å²) in [6.45, 7) is 4.71. The van der Waals surface area contributed by atoms with Gasteiger partial charge >= 0.3 is 0 Å². The number of hydrogen-bond acceptors (Lipinski definition) is 5. The zero-order valence-corrected chi connectivity index (χ0v) is 12.1. The van der Waals surface area contributed by atoms with Crippen molar-refractivity contribution < 1.29 is 0 Å². The first kappa shape index (κ1) is 12.9. The average Bonchev–Trinajstić information content (AvgIpc) is 2.71. The summed E-state index contributed by atoms with van der Waals surface area (Å²) >= 11 is 3.39. The fourth-order valence-corrected chi connectivity index (χ4v) is 1.82. The average molecular weight is 311 g/mol. The van der Waals surface area contributed by atoms with E-state index in [1.54, 1.807) is 6.33 Å². The molecular weight excluding hydrogens is 296 g/mol. The van der Waals surface area contributed by atoms with E-state index in [-0.39, 0.29) is 5.92 Å². The normalized spacial score (nSPS) is 10.9. The molecule has 7 heteroatoms. The first-order chi connectivity index (χ1) is 8.56. The van der Waals surface area contributed by atoms with E-state index in [9.17, 15) is 0 Å². The highest BCUT2D eigenvalue weighted by Crippen LogP contribution is 2.17. The summed E-state index contributed by atoms with van der Waals surface area (Å²) in [5.41, 5.74) is 0. The topological polar surface area (TPSA) is 68.5 Å². The number of halogens is 1. The predicted octanol–water partition coefficient (Wildman–Crippen LogP) is 2.10. The van der Waals surface area contributed by atoms with Gasteiger partial charge in [0.15, 0.2) is 5.82 Å². The van der Waals surface area contributed by atoms with Crippen LogP contribution in [0.15, 0.2) is 17.0 Å². The number of anilines is 1. The van der Waals surface area contributed by atoms with Crippen LogP contribution in [-0.4, -0.2) is 24.7 Å². The van der Waals surface area contributed by atoms with Crippen molar-refractivity contribution in [3.63, 3.8) is 0 Å². The van der Waals surface area contributed by atoms with Gasteiger partial charge in [-0.2, -0.15) is 0 Å². The Morgan fingerprint density at radius 3 is 2.78 bits per heavy atom. The maximum absolute atomic E-state index is 4.45. The molecule has 0 aliphatic carbocycles. The molecule has 0 fully saturated rings. The van der Waals surface area contributed by atoms with Gasteiger partial charge in [-0.25, -0.2) is 9.97 Å². The number of nitrogens with one attached hydrogen (secondary N) is 1. The zero-order valence-electron chi connectivity index (χ0n) is 10.6. The summed E-state index contributed by atoms with van der Waals surface area (Å²) in [6, 6.07) is 1.85. The van der Waals surface area contributed by atoms with E-state index in [0.29, 0.717) is 6.54 Å². The van der Waals surface area contributed by atoms with Crippen LogP contribution in [0.2, 0.25) is 0 Å². The minimum atomic E-state index is 0.290. The molecule has 6 nitrogen and oxygen atoms in total. The van der Waals surface area contributed by atoms with Crippen LogP contribution in [-0.2, 0) is 13.6 Å². The van der Waals surface area contributed by atoms with Gasteiger partial charge in [0.1, 0.15) is 22.6 Å². The van der Waals surface area contributed by atoms with E-state index in [1.807, 2.05) is 17.7 Å². The lowest BCUT2D eigenvalue weighted by Crippen LogP contribution is -2.09. The molecule has 0 unspecified atom stereocenters. The molecule has 1 N–H and O–H groups in total. The maximum Gasteiger partial charge on any atom is 0.151 e. The Morgan fingerprint density at radius 1 is 1.39 bits per heavy atom. The quantitative estimate of drug-likeness (QED) is 0.876.